The van der Waals surface area contributed by atoms with E-state index >= 15 is 0 Å². The molecule has 0 heterocycles. The van der Waals surface area contributed by atoms with E-state index in [1.807, 2.05) is 0 Å². The zero-order chi connectivity index (χ0) is 12.3. The highest BCUT2D eigenvalue weighted by atomic mass is 16.3. The van der Waals surface area contributed by atoms with Crippen molar-refractivity contribution < 1.29 is 5.11 Å². The lowest BCUT2D eigenvalue weighted by molar-refractivity contribution is -0.0314. The quantitative estimate of drug-likeness (QED) is 0.819. The average Bonchev–Trinajstić information content (AvgIpc) is 2.27. The molecule has 2 N–H and O–H groups in total. The van der Waals surface area contributed by atoms with Crippen molar-refractivity contribution in [2.45, 2.75) is 51.2 Å². The molecule has 0 amide bonds. The van der Waals surface area contributed by atoms with E-state index in [0.29, 0.717) is 5.92 Å². The topological polar surface area (TPSA) is 32.3 Å². The maximum absolute atomic E-state index is 9.94. The van der Waals surface area contributed by atoms with Crippen molar-refractivity contribution in [1.29, 1.82) is 0 Å². The van der Waals surface area contributed by atoms with Crippen LogP contribution in [0.4, 0.5) is 0 Å². The van der Waals surface area contributed by atoms with E-state index in [1.165, 1.54) is 17.5 Å². The molecule has 2 heteroatoms. The first-order chi connectivity index (χ1) is 8.09. The summed E-state index contributed by atoms with van der Waals surface area (Å²) in [5.74, 6) is 0.590. The normalized spacial score (nSPS) is 18.1. The zero-order valence-corrected chi connectivity index (χ0v) is 10.9. The summed E-state index contributed by atoms with van der Waals surface area (Å²) >= 11 is 0. The molecule has 1 aromatic carbocycles. The van der Waals surface area contributed by atoms with Crippen LogP contribution in [0, 0.1) is 0 Å². The van der Waals surface area contributed by atoms with Crippen LogP contribution in [0.1, 0.15) is 50.2 Å². The number of nitrogens with one attached hydrogen (secondary N) is 1. The van der Waals surface area contributed by atoms with Gasteiger partial charge in [0.15, 0.2) is 0 Å². The van der Waals surface area contributed by atoms with Crippen LogP contribution in [0.5, 0.6) is 0 Å². The summed E-state index contributed by atoms with van der Waals surface area (Å²) < 4.78 is 0. The van der Waals surface area contributed by atoms with Gasteiger partial charge < -0.3 is 10.4 Å². The average molecular weight is 233 g/mol. The molecule has 1 saturated carbocycles. The lowest BCUT2D eigenvalue weighted by Crippen LogP contribution is -2.45. The van der Waals surface area contributed by atoms with Crippen molar-refractivity contribution in [3.63, 3.8) is 0 Å². The third-order valence-corrected chi connectivity index (χ3v) is 3.71. The molecule has 0 aliphatic heterocycles. The zero-order valence-electron chi connectivity index (χ0n) is 10.9. The summed E-state index contributed by atoms with van der Waals surface area (Å²) in [5.41, 5.74) is 2.25. The third-order valence-electron chi connectivity index (χ3n) is 3.71. The molecule has 1 aliphatic carbocycles. The Hall–Kier alpha value is -0.860. The van der Waals surface area contributed by atoms with Gasteiger partial charge in [0.1, 0.15) is 0 Å². The van der Waals surface area contributed by atoms with Crippen LogP contribution in [0.25, 0.3) is 0 Å². The molecule has 94 valence electrons. The van der Waals surface area contributed by atoms with Crippen LogP contribution >= 0.6 is 0 Å². The first kappa shape index (κ1) is 12.6. The van der Waals surface area contributed by atoms with Crippen molar-refractivity contribution in [1.82, 2.24) is 5.32 Å². The summed E-state index contributed by atoms with van der Waals surface area (Å²) in [7, 11) is 0. The Bertz CT molecular complexity index is 352. The standard InChI is InChI=1S/C15H23NO/c1-12(2)14-6-4-13(5-7-14)10-16-11-15(17)8-3-9-15/h4-7,12,16-17H,3,8-11H2,1-2H3. The molecule has 1 aromatic rings. The van der Waals surface area contributed by atoms with Gasteiger partial charge in [0.2, 0.25) is 0 Å². The van der Waals surface area contributed by atoms with Gasteiger partial charge >= 0.3 is 0 Å². The van der Waals surface area contributed by atoms with Crippen LogP contribution in [-0.2, 0) is 6.54 Å². The molecule has 0 aromatic heterocycles. The van der Waals surface area contributed by atoms with Crippen molar-refractivity contribution in [2.75, 3.05) is 6.54 Å². The summed E-state index contributed by atoms with van der Waals surface area (Å²) in [5, 5.41) is 13.3. The van der Waals surface area contributed by atoms with Crippen molar-refractivity contribution in [3.8, 4) is 0 Å². The van der Waals surface area contributed by atoms with Crippen LogP contribution in [0.3, 0.4) is 0 Å². The van der Waals surface area contributed by atoms with Gasteiger partial charge in [-0.3, -0.25) is 0 Å². The molecule has 2 nitrogen and oxygen atoms in total. The van der Waals surface area contributed by atoms with Crippen molar-refractivity contribution >= 4 is 0 Å². The van der Waals surface area contributed by atoms with Gasteiger partial charge in [-0.25, -0.2) is 0 Å². The van der Waals surface area contributed by atoms with E-state index in [9.17, 15) is 5.11 Å². The van der Waals surface area contributed by atoms with E-state index < -0.39 is 5.60 Å². The molecule has 0 atom stereocenters. The molecule has 0 unspecified atom stereocenters. The van der Waals surface area contributed by atoms with Crippen LogP contribution in [0.2, 0.25) is 0 Å². The first-order valence-electron chi connectivity index (χ1n) is 6.61. The van der Waals surface area contributed by atoms with Gasteiger partial charge in [-0.2, -0.15) is 0 Å². The van der Waals surface area contributed by atoms with Gasteiger partial charge in [-0.15, -0.1) is 0 Å². The predicted molar refractivity (Wildman–Crippen MR) is 71.0 cm³/mol. The Morgan fingerprint density at radius 1 is 1.24 bits per heavy atom. The van der Waals surface area contributed by atoms with E-state index in [4.69, 9.17) is 0 Å². The Labute approximate surface area is 104 Å². The molecule has 1 fully saturated rings. The fraction of sp³-hybridized carbons (Fsp3) is 0.600. The van der Waals surface area contributed by atoms with E-state index in [-0.39, 0.29) is 0 Å². The lowest BCUT2D eigenvalue weighted by atomic mass is 9.80. The Balaban J connectivity index is 1.79. The van der Waals surface area contributed by atoms with Crippen LogP contribution in [0.15, 0.2) is 24.3 Å². The molecule has 0 bridgehead atoms. The Kier molecular flexibility index (Phi) is 3.85. The fourth-order valence-electron chi connectivity index (χ4n) is 2.22. The maximum Gasteiger partial charge on any atom is 0.0771 e. The predicted octanol–water partition coefficient (Wildman–Crippen LogP) is 2.81. The van der Waals surface area contributed by atoms with Crippen LogP contribution in [-0.4, -0.2) is 17.3 Å². The second kappa shape index (κ2) is 5.19. The minimum absolute atomic E-state index is 0.419. The highest BCUT2D eigenvalue weighted by Crippen LogP contribution is 2.30. The maximum atomic E-state index is 9.94. The summed E-state index contributed by atoms with van der Waals surface area (Å²) in [6.45, 7) is 5.98. The Morgan fingerprint density at radius 3 is 2.35 bits per heavy atom. The second-order valence-electron chi connectivity index (χ2n) is 5.58. The van der Waals surface area contributed by atoms with Gasteiger partial charge in [0, 0.05) is 13.1 Å². The second-order valence-corrected chi connectivity index (χ2v) is 5.58. The monoisotopic (exact) mass is 233 g/mol. The van der Waals surface area contributed by atoms with Crippen molar-refractivity contribution in [3.05, 3.63) is 35.4 Å². The number of benzene rings is 1. The van der Waals surface area contributed by atoms with Gasteiger partial charge in [-0.1, -0.05) is 38.1 Å². The van der Waals surface area contributed by atoms with E-state index in [0.717, 1.165) is 25.9 Å². The molecular weight excluding hydrogens is 210 g/mol. The number of hydrogen-bond acceptors (Lipinski definition) is 2. The summed E-state index contributed by atoms with van der Waals surface area (Å²) in [6, 6.07) is 8.74. The van der Waals surface area contributed by atoms with E-state index in [1.54, 1.807) is 0 Å². The molecule has 1 aliphatic rings. The van der Waals surface area contributed by atoms with E-state index in [2.05, 4.69) is 43.4 Å². The smallest absolute Gasteiger partial charge is 0.0771 e. The molecule has 0 radical (unpaired) electrons. The van der Waals surface area contributed by atoms with Gasteiger partial charge in [0.05, 0.1) is 5.60 Å². The summed E-state index contributed by atoms with van der Waals surface area (Å²) in [6.07, 6.45) is 3.07. The largest absolute Gasteiger partial charge is 0.389 e. The number of aliphatic hydroxyl groups is 1. The molecule has 17 heavy (non-hydrogen) atoms. The number of hydrogen-bond donors (Lipinski definition) is 2. The fourth-order valence-corrected chi connectivity index (χ4v) is 2.22. The van der Waals surface area contributed by atoms with Crippen LogP contribution < -0.4 is 5.32 Å². The molecule has 0 saturated heterocycles. The lowest BCUT2D eigenvalue weighted by Gasteiger charge is -2.36. The Morgan fingerprint density at radius 2 is 1.88 bits per heavy atom. The number of rotatable bonds is 5. The van der Waals surface area contributed by atoms with Gasteiger partial charge in [-0.05, 0) is 36.3 Å². The van der Waals surface area contributed by atoms with Gasteiger partial charge in [0.25, 0.3) is 0 Å². The highest BCUT2D eigenvalue weighted by molar-refractivity contribution is 5.24. The highest BCUT2D eigenvalue weighted by Gasteiger charge is 2.33. The molecule has 0 spiro atoms. The minimum Gasteiger partial charge on any atom is -0.389 e. The third kappa shape index (κ3) is 3.30. The molecular formula is C15H23NO. The first-order valence-corrected chi connectivity index (χ1v) is 6.61. The molecule has 2 rings (SSSR count). The SMILES string of the molecule is CC(C)c1ccc(CNCC2(O)CCC2)cc1. The summed E-state index contributed by atoms with van der Waals surface area (Å²) in [4.78, 5) is 0. The minimum atomic E-state index is -0.419. The van der Waals surface area contributed by atoms with Crippen molar-refractivity contribution in [2.24, 2.45) is 0 Å².